The molecular weight excluding hydrogens is 234 g/mol. The van der Waals surface area contributed by atoms with Crippen molar-refractivity contribution < 1.29 is 4.74 Å². The normalized spacial score (nSPS) is 10.4. The highest BCUT2D eigenvalue weighted by atomic mass is 16.5. The van der Waals surface area contributed by atoms with Crippen LogP contribution in [0.4, 0.5) is 0 Å². The second-order valence-corrected chi connectivity index (χ2v) is 4.47. The maximum absolute atomic E-state index is 5.75. The van der Waals surface area contributed by atoms with E-state index in [-0.39, 0.29) is 0 Å². The molecular formula is C17H20NO. The molecule has 0 spiro atoms. The van der Waals surface area contributed by atoms with Crippen LogP contribution in [0.1, 0.15) is 24.8 Å². The van der Waals surface area contributed by atoms with E-state index in [4.69, 9.17) is 10.5 Å². The van der Waals surface area contributed by atoms with Crippen LogP contribution in [-0.4, -0.2) is 6.54 Å². The van der Waals surface area contributed by atoms with E-state index < -0.39 is 0 Å². The predicted octanol–water partition coefficient (Wildman–Crippen LogP) is 4.16. The maximum Gasteiger partial charge on any atom is 0.127 e. The van der Waals surface area contributed by atoms with Gasteiger partial charge in [-0.1, -0.05) is 36.8 Å². The zero-order chi connectivity index (χ0) is 13.3. The molecule has 99 valence electrons. The molecule has 0 amide bonds. The van der Waals surface area contributed by atoms with Gasteiger partial charge < -0.3 is 10.5 Å². The summed E-state index contributed by atoms with van der Waals surface area (Å²) in [5.74, 6) is 1.73. The number of hydrogen-bond donors (Lipinski definition) is 1. The zero-order valence-electron chi connectivity index (χ0n) is 11.1. The Morgan fingerprint density at radius 1 is 0.842 bits per heavy atom. The van der Waals surface area contributed by atoms with E-state index in [2.05, 4.69) is 18.6 Å². The van der Waals surface area contributed by atoms with E-state index in [1.165, 1.54) is 5.56 Å². The van der Waals surface area contributed by atoms with E-state index in [1.807, 2.05) is 42.5 Å². The molecule has 0 aliphatic heterocycles. The van der Waals surface area contributed by atoms with Gasteiger partial charge in [0.25, 0.3) is 0 Å². The molecule has 0 atom stereocenters. The highest BCUT2D eigenvalue weighted by Crippen LogP contribution is 2.22. The van der Waals surface area contributed by atoms with Gasteiger partial charge in [-0.3, -0.25) is 0 Å². The summed E-state index contributed by atoms with van der Waals surface area (Å²) in [6.45, 7) is 0.775. The van der Waals surface area contributed by atoms with Crippen LogP contribution in [-0.2, 0) is 0 Å². The number of nitrogens with two attached hydrogens (primary N) is 1. The van der Waals surface area contributed by atoms with Crippen LogP contribution in [0.15, 0.2) is 54.6 Å². The lowest BCUT2D eigenvalue weighted by molar-refractivity contribution is 0.482. The second kappa shape index (κ2) is 7.59. The first-order valence-electron chi connectivity index (χ1n) is 6.75. The van der Waals surface area contributed by atoms with Gasteiger partial charge in [0.2, 0.25) is 0 Å². The van der Waals surface area contributed by atoms with Crippen molar-refractivity contribution in [2.45, 2.75) is 19.3 Å². The molecule has 2 N–H and O–H groups in total. The average molecular weight is 254 g/mol. The van der Waals surface area contributed by atoms with Crippen molar-refractivity contribution in [2.24, 2.45) is 5.73 Å². The van der Waals surface area contributed by atoms with Crippen molar-refractivity contribution in [3.8, 4) is 11.5 Å². The Morgan fingerprint density at radius 2 is 1.53 bits per heavy atom. The molecule has 0 aromatic heterocycles. The lowest BCUT2D eigenvalue weighted by atomic mass is 10.1. The first-order chi connectivity index (χ1) is 9.38. The number of unbranched alkanes of at least 4 members (excludes halogenated alkanes) is 2. The summed E-state index contributed by atoms with van der Waals surface area (Å²) >= 11 is 0. The van der Waals surface area contributed by atoms with Gasteiger partial charge in [0, 0.05) is 0 Å². The highest BCUT2D eigenvalue weighted by molar-refractivity contribution is 5.34. The van der Waals surface area contributed by atoms with Crippen molar-refractivity contribution >= 4 is 0 Å². The molecule has 0 fully saturated rings. The largest absolute Gasteiger partial charge is 0.457 e. The fourth-order valence-electron chi connectivity index (χ4n) is 1.85. The number of hydrogen-bond acceptors (Lipinski definition) is 2. The summed E-state index contributed by atoms with van der Waals surface area (Å²) in [5, 5.41) is 0. The zero-order valence-corrected chi connectivity index (χ0v) is 11.1. The predicted molar refractivity (Wildman–Crippen MR) is 79.3 cm³/mol. The molecule has 2 aromatic carbocycles. The SMILES string of the molecule is NCCCC[CH]c1ccc(Oc2ccccc2)cc1. The Morgan fingerprint density at radius 3 is 2.21 bits per heavy atom. The third-order valence-corrected chi connectivity index (χ3v) is 2.90. The maximum atomic E-state index is 5.75. The Bertz CT molecular complexity index is 464. The first-order valence-corrected chi connectivity index (χ1v) is 6.75. The number of rotatable bonds is 7. The quantitative estimate of drug-likeness (QED) is 0.753. The minimum Gasteiger partial charge on any atom is -0.457 e. The van der Waals surface area contributed by atoms with Gasteiger partial charge >= 0.3 is 0 Å². The average Bonchev–Trinajstić information content (AvgIpc) is 2.46. The van der Waals surface area contributed by atoms with Crippen molar-refractivity contribution in [1.82, 2.24) is 0 Å². The van der Waals surface area contributed by atoms with Crippen LogP contribution >= 0.6 is 0 Å². The minimum absolute atomic E-state index is 0.775. The van der Waals surface area contributed by atoms with Crippen molar-refractivity contribution in [1.29, 1.82) is 0 Å². The van der Waals surface area contributed by atoms with Crippen LogP contribution in [0.3, 0.4) is 0 Å². The molecule has 19 heavy (non-hydrogen) atoms. The van der Waals surface area contributed by atoms with Gasteiger partial charge in [-0.2, -0.15) is 0 Å². The smallest absolute Gasteiger partial charge is 0.127 e. The van der Waals surface area contributed by atoms with E-state index in [0.29, 0.717) is 0 Å². The molecule has 0 bridgehead atoms. The van der Waals surface area contributed by atoms with Crippen LogP contribution in [0.2, 0.25) is 0 Å². The first kappa shape index (κ1) is 13.6. The van der Waals surface area contributed by atoms with Crippen LogP contribution in [0.25, 0.3) is 0 Å². The Kier molecular flexibility index (Phi) is 5.45. The van der Waals surface area contributed by atoms with E-state index in [9.17, 15) is 0 Å². The minimum atomic E-state index is 0.775. The third-order valence-electron chi connectivity index (χ3n) is 2.90. The molecule has 0 saturated heterocycles. The van der Waals surface area contributed by atoms with Crippen molar-refractivity contribution in [2.75, 3.05) is 6.54 Å². The Hall–Kier alpha value is -1.80. The fourth-order valence-corrected chi connectivity index (χ4v) is 1.85. The molecule has 0 heterocycles. The summed E-state index contributed by atoms with van der Waals surface area (Å²) in [6.07, 6.45) is 5.56. The number of para-hydroxylation sites is 1. The molecule has 2 aromatic rings. The topological polar surface area (TPSA) is 35.2 Å². The summed E-state index contributed by atoms with van der Waals surface area (Å²) in [6, 6.07) is 18.0. The molecule has 0 unspecified atom stereocenters. The molecule has 2 heteroatoms. The summed E-state index contributed by atoms with van der Waals surface area (Å²) in [7, 11) is 0. The van der Waals surface area contributed by atoms with E-state index in [1.54, 1.807) is 0 Å². The second-order valence-electron chi connectivity index (χ2n) is 4.47. The molecule has 1 radical (unpaired) electrons. The number of ether oxygens (including phenoxy) is 1. The van der Waals surface area contributed by atoms with Gasteiger partial charge in [-0.25, -0.2) is 0 Å². The van der Waals surface area contributed by atoms with Gasteiger partial charge in [-0.05, 0) is 55.6 Å². The van der Waals surface area contributed by atoms with Crippen LogP contribution in [0.5, 0.6) is 11.5 Å². The van der Waals surface area contributed by atoms with Crippen LogP contribution in [0, 0.1) is 6.42 Å². The fraction of sp³-hybridized carbons (Fsp3) is 0.235. The molecule has 2 rings (SSSR count). The van der Waals surface area contributed by atoms with Gasteiger partial charge in [0.05, 0.1) is 0 Å². The van der Waals surface area contributed by atoms with Crippen molar-refractivity contribution in [3.05, 3.63) is 66.6 Å². The van der Waals surface area contributed by atoms with Crippen LogP contribution < -0.4 is 10.5 Å². The molecule has 2 nitrogen and oxygen atoms in total. The molecule has 0 aliphatic carbocycles. The monoisotopic (exact) mass is 254 g/mol. The number of benzene rings is 2. The Labute approximate surface area is 115 Å². The third kappa shape index (κ3) is 4.76. The standard InChI is InChI=1S/C17H20NO/c18-14-6-2-3-7-15-10-12-17(13-11-15)19-16-8-4-1-5-9-16/h1,4-5,7-13H,2-3,6,14,18H2. The molecule has 0 aliphatic rings. The highest BCUT2D eigenvalue weighted by Gasteiger charge is 1.98. The summed E-state index contributed by atoms with van der Waals surface area (Å²) < 4.78 is 5.75. The lowest BCUT2D eigenvalue weighted by Crippen LogP contribution is -1.97. The summed E-state index contributed by atoms with van der Waals surface area (Å²) in [4.78, 5) is 0. The van der Waals surface area contributed by atoms with E-state index in [0.717, 1.165) is 37.3 Å². The van der Waals surface area contributed by atoms with Gasteiger partial charge in [0.15, 0.2) is 0 Å². The summed E-state index contributed by atoms with van der Waals surface area (Å²) in [5.41, 5.74) is 6.70. The molecule has 0 saturated carbocycles. The van der Waals surface area contributed by atoms with E-state index >= 15 is 0 Å². The van der Waals surface area contributed by atoms with Crippen molar-refractivity contribution in [3.63, 3.8) is 0 Å². The van der Waals surface area contributed by atoms with Gasteiger partial charge in [-0.15, -0.1) is 0 Å². The lowest BCUT2D eigenvalue weighted by Gasteiger charge is -2.06. The van der Waals surface area contributed by atoms with Gasteiger partial charge in [0.1, 0.15) is 11.5 Å². The Balaban J connectivity index is 1.84.